The first-order chi connectivity index (χ1) is 9.57. The molecule has 0 fully saturated rings. The molecule has 0 aliphatic heterocycles. The predicted molar refractivity (Wildman–Crippen MR) is 91.0 cm³/mol. The molecule has 122 valence electrons. The van der Waals surface area contributed by atoms with Crippen molar-refractivity contribution in [1.82, 2.24) is 5.32 Å². The quantitative estimate of drug-likeness (QED) is 0.762. The number of nitrogens with one attached hydrogen (secondary N) is 1. The Hall–Kier alpha value is -0.420. The fourth-order valence-corrected chi connectivity index (χ4v) is 2.75. The average molecular weight is 314 g/mol. The van der Waals surface area contributed by atoms with Crippen LogP contribution in [-0.2, 0) is 22.6 Å². The van der Waals surface area contributed by atoms with Gasteiger partial charge in [0.2, 0.25) is 0 Å². The largest absolute Gasteiger partial charge is 0.374 e. The number of rotatable bonds is 7. The highest BCUT2D eigenvalue weighted by Gasteiger charge is 2.12. The van der Waals surface area contributed by atoms with Gasteiger partial charge in [0.15, 0.2) is 0 Å². The molecular weight excluding hydrogens is 282 g/mol. The molecule has 0 atom stereocenters. The van der Waals surface area contributed by atoms with E-state index in [1.807, 2.05) is 11.3 Å². The van der Waals surface area contributed by atoms with Crippen LogP contribution in [0.5, 0.6) is 0 Å². The Morgan fingerprint density at radius 2 is 1.76 bits per heavy atom. The zero-order chi connectivity index (χ0) is 16.1. The van der Waals surface area contributed by atoms with E-state index in [1.54, 1.807) is 0 Å². The van der Waals surface area contributed by atoms with E-state index < -0.39 is 0 Å². The summed E-state index contributed by atoms with van der Waals surface area (Å²) in [5, 5.41) is 3.52. The van der Waals surface area contributed by atoms with Crippen LogP contribution in [0.4, 0.5) is 0 Å². The Labute approximate surface area is 134 Å². The minimum atomic E-state index is -0.0898. The molecule has 0 amide bonds. The average Bonchev–Trinajstić information content (AvgIpc) is 2.65. The molecule has 1 aromatic heterocycles. The molecule has 4 heteroatoms. The molecule has 0 aliphatic carbocycles. The molecule has 0 spiro atoms. The van der Waals surface area contributed by atoms with Crippen LogP contribution in [0.2, 0.25) is 0 Å². The molecular formula is C17H31NO2S. The number of hydrogen-bond donors (Lipinski definition) is 1. The van der Waals surface area contributed by atoms with Crippen molar-refractivity contribution in [1.29, 1.82) is 0 Å². The summed E-state index contributed by atoms with van der Waals surface area (Å²) in [5.74, 6) is 0. The van der Waals surface area contributed by atoms with Crippen molar-refractivity contribution in [2.24, 2.45) is 0 Å². The fourth-order valence-electron chi connectivity index (χ4n) is 1.76. The normalized spacial score (nSPS) is 12.9. The van der Waals surface area contributed by atoms with Gasteiger partial charge in [0.05, 0.1) is 25.4 Å². The minimum Gasteiger partial charge on any atom is -0.374 e. The van der Waals surface area contributed by atoms with Crippen molar-refractivity contribution in [3.05, 3.63) is 21.4 Å². The van der Waals surface area contributed by atoms with E-state index in [1.165, 1.54) is 15.3 Å². The third-order valence-corrected chi connectivity index (χ3v) is 3.98. The molecule has 0 saturated carbocycles. The van der Waals surface area contributed by atoms with Crippen molar-refractivity contribution in [3.63, 3.8) is 0 Å². The van der Waals surface area contributed by atoms with Gasteiger partial charge in [0, 0.05) is 21.8 Å². The van der Waals surface area contributed by atoms with E-state index in [9.17, 15) is 0 Å². The van der Waals surface area contributed by atoms with Gasteiger partial charge in [-0.05, 0) is 60.1 Å². The molecule has 1 N–H and O–H groups in total. The first kappa shape index (κ1) is 18.6. The molecule has 1 rings (SSSR count). The van der Waals surface area contributed by atoms with Gasteiger partial charge in [-0.1, -0.05) is 0 Å². The summed E-state index contributed by atoms with van der Waals surface area (Å²) in [4.78, 5) is 2.71. The summed E-state index contributed by atoms with van der Waals surface area (Å²) >= 11 is 1.85. The highest BCUT2D eigenvalue weighted by Crippen LogP contribution is 2.23. The van der Waals surface area contributed by atoms with Crippen molar-refractivity contribution in [3.8, 4) is 0 Å². The molecule has 0 aromatic carbocycles. The van der Waals surface area contributed by atoms with Crippen molar-refractivity contribution >= 4 is 11.3 Å². The summed E-state index contributed by atoms with van der Waals surface area (Å²) in [7, 11) is 0. The maximum atomic E-state index is 5.72. The molecule has 0 bridgehead atoms. The number of ether oxygens (including phenoxy) is 2. The molecule has 0 radical (unpaired) electrons. The molecule has 1 heterocycles. The van der Waals surface area contributed by atoms with Gasteiger partial charge in [-0.3, -0.25) is 0 Å². The van der Waals surface area contributed by atoms with Crippen molar-refractivity contribution < 1.29 is 9.47 Å². The van der Waals surface area contributed by atoms with Crippen LogP contribution >= 0.6 is 11.3 Å². The lowest BCUT2D eigenvalue weighted by Crippen LogP contribution is -2.34. The fraction of sp³-hybridized carbons (Fsp3) is 0.765. The second-order valence-corrected chi connectivity index (χ2v) is 8.75. The van der Waals surface area contributed by atoms with Crippen LogP contribution in [0.1, 0.15) is 56.9 Å². The molecule has 0 aliphatic rings. The summed E-state index contributed by atoms with van der Waals surface area (Å²) < 4.78 is 11.4. The summed E-state index contributed by atoms with van der Waals surface area (Å²) in [6, 6.07) is 2.25. The van der Waals surface area contributed by atoms with E-state index >= 15 is 0 Å². The Kier molecular flexibility index (Phi) is 6.85. The highest BCUT2D eigenvalue weighted by atomic mass is 32.1. The Morgan fingerprint density at radius 3 is 2.33 bits per heavy atom. The smallest absolute Gasteiger partial charge is 0.0728 e. The first-order valence-corrected chi connectivity index (χ1v) is 8.43. The third kappa shape index (κ3) is 8.57. The lowest BCUT2D eigenvalue weighted by atomic mass is 10.1. The van der Waals surface area contributed by atoms with Crippen molar-refractivity contribution in [2.75, 3.05) is 13.2 Å². The van der Waals surface area contributed by atoms with Crippen LogP contribution in [0, 0.1) is 6.92 Å². The predicted octanol–water partition coefficient (Wildman–Crippen LogP) is 4.28. The van der Waals surface area contributed by atoms with Crippen LogP contribution < -0.4 is 5.32 Å². The van der Waals surface area contributed by atoms with E-state index in [2.05, 4.69) is 59.8 Å². The van der Waals surface area contributed by atoms with Crippen LogP contribution in [0.3, 0.4) is 0 Å². The van der Waals surface area contributed by atoms with E-state index in [4.69, 9.17) is 9.47 Å². The standard InChI is InChI=1S/C17H31NO2S/c1-13-14(12-19-8-9-20-17(5,6)7)10-15(21-13)11-18-16(2,3)4/h10,18H,8-9,11-12H2,1-7H3. The Bertz CT molecular complexity index is 427. The molecule has 21 heavy (non-hydrogen) atoms. The van der Waals surface area contributed by atoms with Crippen LogP contribution in [0.15, 0.2) is 6.07 Å². The maximum absolute atomic E-state index is 5.72. The third-order valence-electron chi connectivity index (χ3n) is 2.88. The number of thiophene rings is 1. The van der Waals surface area contributed by atoms with E-state index in [0.29, 0.717) is 19.8 Å². The van der Waals surface area contributed by atoms with E-state index in [-0.39, 0.29) is 11.1 Å². The molecule has 0 saturated heterocycles. The summed E-state index contributed by atoms with van der Waals surface area (Å²) in [6.07, 6.45) is 0. The van der Waals surface area contributed by atoms with Gasteiger partial charge in [-0.15, -0.1) is 11.3 Å². The highest BCUT2D eigenvalue weighted by molar-refractivity contribution is 7.12. The molecule has 1 aromatic rings. The zero-order valence-corrected chi connectivity index (χ0v) is 15.4. The zero-order valence-electron chi connectivity index (χ0n) is 14.6. The van der Waals surface area contributed by atoms with Gasteiger partial charge >= 0.3 is 0 Å². The number of aryl methyl sites for hydroxylation is 1. The van der Waals surface area contributed by atoms with Gasteiger partial charge in [-0.2, -0.15) is 0 Å². The molecule has 3 nitrogen and oxygen atoms in total. The first-order valence-electron chi connectivity index (χ1n) is 7.62. The minimum absolute atomic E-state index is 0.0898. The second-order valence-electron chi connectivity index (χ2n) is 7.41. The second kappa shape index (κ2) is 7.73. The molecule has 0 unspecified atom stereocenters. The lowest BCUT2D eigenvalue weighted by molar-refractivity contribution is -0.0377. The van der Waals surface area contributed by atoms with Gasteiger partial charge in [0.25, 0.3) is 0 Å². The monoisotopic (exact) mass is 313 g/mol. The van der Waals surface area contributed by atoms with Gasteiger partial charge in [-0.25, -0.2) is 0 Å². The van der Waals surface area contributed by atoms with Gasteiger partial charge < -0.3 is 14.8 Å². The van der Waals surface area contributed by atoms with Crippen LogP contribution in [0.25, 0.3) is 0 Å². The van der Waals surface area contributed by atoms with Crippen molar-refractivity contribution in [2.45, 2.75) is 72.8 Å². The Morgan fingerprint density at radius 1 is 1.10 bits per heavy atom. The Balaban J connectivity index is 2.34. The van der Waals surface area contributed by atoms with Crippen LogP contribution in [-0.4, -0.2) is 24.4 Å². The topological polar surface area (TPSA) is 30.5 Å². The maximum Gasteiger partial charge on any atom is 0.0728 e. The summed E-state index contributed by atoms with van der Waals surface area (Å²) in [6.45, 7) is 17.8. The van der Waals surface area contributed by atoms with E-state index in [0.717, 1.165) is 6.54 Å². The SMILES string of the molecule is Cc1sc(CNC(C)(C)C)cc1COCCOC(C)(C)C. The lowest BCUT2D eigenvalue weighted by Gasteiger charge is -2.19. The number of hydrogen-bond acceptors (Lipinski definition) is 4. The van der Waals surface area contributed by atoms with Gasteiger partial charge in [0.1, 0.15) is 0 Å². The summed E-state index contributed by atoms with van der Waals surface area (Å²) in [5.41, 5.74) is 1.35.